The zero-order valence-corrected chi connectivity index (χ0v) is 10.3. The number of aliphatic hydroxyl groups is 1. The van der Waals surface area contributed by atoms with Crippen molar-refractivity contribution in [2.45, 2.75) is 12.6 Å². The highest BCUT2D eigenvalue weighted by Crippen LogP contribution is 2.21. The van der Waals surface area contributed by atoms with Crippen molar-refractivity contribution >= 4 is 6.21 Å². The number of hydrogen-bond acceptors (Lipinski definition) is 4. The fraction of sp³-hybridized carbons (Fsp3) is 0.133. The average Bonchev–Trinajstić information content (AvgIpc) is 2.39. The van der Waals surface area contributed by atoms with Crippen molar-refractivity contribution in [2.24, 2.45) is 4.99 Å². The summed E-state index contributed by atoms with van der Waals surface area (Å²) in [7, 11) is 0. The minimum absolute atomic E-state index is 0.0144. The van der Waals surface area contributed by atoms with Gasteiger partial charge < -0.3 is 15.3 Å². The second-order valence-electron chi connectivity index (χ2n) is 4.19. The van der Waals surface area contributed by atoms with E-state index in [0.29, 0.717) is 12.0 Å². The molecule has 0 fully saturated rings. The molecule has 0 aliphatic rings. The SMILES string of the molecule is Oc1ccc(/C=N/[C@H](O)Cc2ccccc2)c(O)c1. The van der Waals surface area contributed by atoms with Crippen LogP contribution in [0.1, 0.15) is 11.1 Å². The summed E-state index contributed by atoms with van der Waals surface area (Å²) in [4.78, 5) is 3.97. The van der Waals surface area contributed by atoms with Crippen LogP contribution in [0.5, 0.6) is 11.5 Å². The molecule has 4 heteroatoms. The van der Waals surface area contributed by atoms with E-state index in [1.165, 1.54) is 24.4 Å². The number of phenols is 2. The average molecular weight is 257 g/mol. The molecule has 0 unspecified atom stereocenters. The summed E-state index contributed by atoms with van der Waals surface area (Å²) in [6, 6.07) is 13.7. The number of benzene rings is 2. The van der Waals surface area contributed by atoms with E-state index in [0.717, 1.165) is 5.56 Å². The van der Waals surface area contributed by atoms with Gasteiger partial charge in [-0.1, -0.05) is 30.3 Å². The third-order valence-electron chi connectivity index (χ3n) is 2.66. The standard InChI is InChI=1S/C15H15NO3/c17-13-7-6-12(14(18)9-13)10-16-15(19)8-11-4-2-1-3-5-11/h1-7,9-10,15,17-19H,8H2/b16-10+/t15-/m1/s1. The zero-order valence-electron chi connectivity index (χ0n) is 10.3. The molecule has 2 aromatic rings. The largest absolute Gasteiger partial charge is 0.508 e. The second-order valence-corrected chi connectivity index (χ2v) is 4.19. The minimum atomic E-state index is -0.865. The molecule has 2 rings (SSSR count). The van der Waals surface area contributed by atoms with Gasteiger partial charge >= 0.3 is 0 Å². The van der Waals surface area contributed by atoms with Crippen LogP contribution >= 0.6 is 0 Å². The van der Waals surface area contributed by atoms with E-state index in [4.69, 9.17) is 5.11 Å². The summed E-state index contributed by atoms with van der Waals surface area (Å²) in [6.07, 6.45) is 0.939. The molecule has 0 bridgehead atoms. The molecule has 0 heterocycles. The molecule has 0 saturated carbocycles. The van der Waals surface area contributed by atoms with Gasteiger partial charge in [-0.25, -0.2) is 0 Å². The van der Waals surface area contributed by atoms with Crippen LogP contribution in [0.15, 0.2) is 53.5 Å². The van der Waals surface area contributed by atoms with Crippen molar-refractivity contribution < 1.29 is 15.3 Å². The smallest absolute Gasteiger partial charge is 0.149 e. The molecule has 4 nitrogen and oxygen atoms in total. The molecule has 0 amide bonds. The molecule has 1 atom stereocenters. The van der Waals surface area contributed by atoms with Crippen molar-refractivity contribution in [3.05, 3.63) is 59.7 Å². The predicted molar refractivity (Wildman–Crippen MR) is 73.5 cm³/mol. The maximum Gasteiger partial charge on any atom is 0.149 e. The monoisotopic (exact) mass is 257 g/mol. The third kappa shape index (κ3) is 3.82. The third-order valence-corrected chi connectivity index (χ3v) is 2.66. The van der Waals surface area contributed by atoms with E-state index in [2.05, 4.69) is 4.99 Å². The molecule has 19 heavy (non-hydrogen) atoms. The maximum atomic E-state index is 9.78. The van der Waals surface area contributed by atoms with Crippen molar-refractivity contribution in [1.82, 2.24) is 0 Å². The molecule has 0 aliphatic heterocycles. The maximum absolute atomic E-state index is 9.78. The van der Waals surface area contributed by atoms with Crippen molar-refractivity contribution in [1.29, 1.82) is 0 Å². The topological polar surface area (TPSA) is 73.1 Å². The van der Waals surface area contributed by atoms with Crippen LogP contribution < -0.4 is 0 Å². The Kier molecular flexibility index (Phi) is 4.15. The molecule has 3 N–H and O–H groups in total. The van der Waals surface area contributed by atoms with Crippen LogP contribution in [0.25, 0.3) is 0 Å². The molecule has 0 spiro atoms. The highest BCUT2D eigenvalue weighted by atomic mass is 16.3. The van der Waals surface area contributed by atoms with E-state index < -0.39 is 6.23 Å². The van der Waals surface area contributed by atoms with Crippen molar-refractivity contribution in [3.8, 4) is 11.5 Å². The molecule has 98 valence electrons. The first-order valence-electron chi connectivity index (χ1n) is 5.92. The fourth-order valence-electron chi connectivity index (χ4n) is 1.69. The van der Waals surface area contributed by atoms with Gasteiger partial charge in [0.15, 0.2) is 0 Å². The Morgan fingerprint density at radius 3 is 2.47 bits per heavy atom. The van der Waals surface area contributed by atoms with Crippen molar-refractivity contribution in [2.75, 3.05) is 0 Å². The number of rotatable bonds is 4. The van der Waals surface area contributed by atoms with Gasteiger partial charge in [-0.05, 0) is 17.7 Å². The lowest BCUT2D eigenvalue weighted by Gasteiger charge is -2.05. The Hall–Kier alpha value is -2.33. The van der Waals surface area contributed by atoms with Gasteiger partial charge in [0.2, 0.25) is 0 Å². The first-order valence-corrected chi connectivity index (χ1v) is 5.92. The molecule has 0 radical (unpaired) electrons. The Bertz CT molecular complexity index is 567. The van der Waals surface area contributed by atoms with Crippen LogP contribution in [0.4, 0.5) is 0 Å². The number of phenolic OH excluding ortho intramolecular Hbond substituents is 2. The number of nitrogens with zero attached hydrogens (tertiary/aromatic N) is 1. The van der Waals surface area contributed by atoms with Gasteiger partial charge in [0, 0.05) is 24.3 Å². The Balaban J connectivity index is 2.02. The summed E-state index contributed by atoms with van der Waals surface area (Å²) in [5.41, 5.74) is 1.44. The van der Waals surface area contributed by atoms with Crippen LogP contribution in [0, 0.1) is 0 Å². The highest BCUT2D eigenvalue weighted by molar-refractivity contribution is 5.83. The van der Waals surface area contributed by atoms with E-state index in [1.54, 1.807) is 0 Å². The van der Waals surface area contributed by atoms with Crippen LogP contribution in [0.3, 0.4) is 0 Å². The fourth-order valence-corrected chi connectivity index (χ4v) is 1.69. The van der Waals surface area contributed by atoms with Crippen LogP contribution in [0.2, 0.25) is 0 Å². The van der Waals surface area contributed by atoms with Gasteiger partial charge in [0.1, 0.15) is 17.7 Å². The summed E-state index contributed by atoms with van der Waals surface area (Å²) in [6.45, 7) is 0. The lowest BCUT2D eigenvalue weighted by Crippen LogP contribution is -2.07. The van der Waals surface area contributed by atoms with Crippen LogP contribution in [-0.4, -0.2) is 27.8 Å². The predicted octanol–water partition coefficient (Wildman–Crippen LogP) is 2.08. The number of aliphatic imine (C=N–C) groups is 1. The van der Waals surface area contributed by atoms with E-state index >= 15 is 0 Å². The minimum Gasteiger partial charge on any atom is -0.508 e. The van der Waals surface area contributed by atoms with E-state index in [-0.39, 0.29) is 11.5 Å². The van der Waals surface area contributed by atoms with Crippen molar-refractivity contribution in [3.63, 3.8) is 0 Å². The van der Waals surface area contributed by atoms with Gasteiger partial charge in [0.25, 0.3) is 0 Å². The number of aromatic hydroxyl groups is 2. The molecule has 0 aliphatic carbocycles. The zero-order chi connectivity index (χ0) is 13.7. The first kappa shape index (κ1) is 13.1. The number of hydrogen-bond donors (Lipinski definition) is 3. The van der Waals surface area contributed by atoms with Gasteiger partial charge in [0.05, 0.1) is 0 Å². The highest BCUT2D eigenvalue weighted by Gasteiger charge is 2.03. The normalized spacial score (nSPS) is 12.7. The Morgan fingerprint density at radius 1 is 1.05 bits per heavy atom. The summed E-state index contributed by atoms with van der Waals surface area (Å²) < 4.78 is 0. The Morgan fingerprint density at radius 2 is 1.79 bits per heavy atom. The quantitative estimate of drug-likeness (QED) is 0.734. The summed E-state index contributed by atoms with van der Waals surface area (Å²) >= 11 is 0. The second kappa shape index (κ2) is 6.02. The van der Waals surface area contributed by atoms with Gasteiger partial charge in [-0.3, -0.25) is 4.99 Å². The first-order chi connectivity index (χ1) is 9.15. The Labute approximate surface area is 111 Å². The number of aliphatic hydroxyl groups excluding tert-OH is 1. The summed E-state index contributed by atoms with van der Waals surface area (Å²) in [5.74, 6) is -0.0878. The molecular formula is C15H15NO3. The van der Waals surface area contributed by atoms with Gasteiger partial charge in [-0.15, -0.1) is 0 Å². The molecule has 2 aromatic carbocycles. The molecular weight excluding hydrogens is 242 g/mol. The molecule has 0 saturated heterocycles. The molecule has 0 aromatic heterocycles. The lowest BCUT2D eigenvalue weighted by molar-refractivity contribution is 0.186. The van der Waals surface area contributed by atoms with Gasteiger partial charge in [-0.2, -0.15) is 0 Å². The summed E-state index contributed by atoms with van der Waals surface area (Å²) in [5, 5.41) is 28.5. The lowest BCUT2D eigenvalue weighted by atomic mass is 10.1. The van der Waals surface area contributed by atoms with Crippen LogP contribution in [-0.2, 0) is 6.42 Å². The van der Waals surface area contributed by atoms with E-state index in [9.17, 15) is 10.2 Å². The van der Waals surface area contributed by atoms with E-state index in [1.807, 2.05) is 30.3 Å².